The monoisotopic (exact) mass is 347 g/mol. The predicted molar refractivity (Wildman–Crippen MR) is 80.0 cm³/mol. The van der Waals surface area contributed by atoms with Crippen molar-refractivity contribution in [3.05, 3.63) is 52.4 Å². The second kappa shape index (κ2) is 6.70. The Kier molecular flexibility index (Phi) is 5.09. The summed E-state index contributed by atoms with van der Waals surface area (Å²) in [6.45, 7) is 2.95. The molecule has 1 heterocycles. The summed E-state index contributed by atoms with van der Waals surface area (Å²) in [7, 11) is 0. The van der Waals surface area contributed by atoms with E-state index >= 15 is 0 Å². The van der Waals surface area contributed by atoms with Gasteiger partial charge in [0.05, 0.1) is 17.3 Å². The Morgan fingerprint density at radius 3 is 2.48 bits per heavy atom. The summed E-state index contributed by atoms with van der Waals surface area (Å²) < 4.78 is 51.7. The third-order valence-corrected chi connectivity index (χ3v) is 3.63. The van der Waals surface area contributed by atoms with E-state index in [0.717, 1.165) is 18.5 Å². The zero-order chi connectivity index (χ0) is 17.2. The Morgan fingerprint density at radius 2 is 1.87 bits per heavy atom. The van der Waals surface area contributed by atoms with Crippen molar-refractivity contribution in [3.63, 3.8) is 0 Å². The topological polar surface area (TPSA) is 37.8 Å². The number of rotatable bonds is 4. The fourth-order valence-corrected chi connectivity index (χ4v) is 2.34. The van der Waals surface area contributed by atoms with E-state index in [2.05, 4.69) is 15.3 Å². The number of hydrogen-bond donors (Lipinski definition) is 1. The molecule has 0 fully saturated rings. The molecule has 1 N–H and O–H groups in total. The summed E-state index contributed by atoms with van der Waals surface area (Å²) in [6.07, 6.45) is -4.65. The lowest BCUT2D eigenvalue weighted by molar-refractivity contribution is -0.137. The molecule has 0 spiro atoms. The minimum Gasteiger partial charge on any atom is -0.362 e. The van der Waals surface area contributed by atoms with Crippen LogP contribution in [0.2, 0.25) is 5.02 Å². The van der Waals surface area contributed by atoms with Gasteiger partial charge in [-0.1, -0.05) is 23.7 Å². The van der Waals surface area contributed by atoms with Crippen LogP contribution in [-0.4, -0.2) is 9.97 Å². The van der Waals surface area contributed by atoms with Gasteiger partial charge in [0.2, 0.25) is 0 Å². The normalized spacial score (nSPS) is 14.4. The summed E-state index contributed by atoms with van der Waals surface area (Å²) in [5, 5.41) is 2.90. The van der Waals surface area contributed by atoms with Gasteiger partial charge < -0.3 is 5.32 Å². The molecule has 0 saturated carbocycles. The number of nitrogens with one attached hydrogen (secondary N) is 1. The van der Waals surface area contributed by atoms with Crippen LogP contribution in [0.15, 0.2) is 30.6 Å². The lowest BCUT2D eigenvalue weighted by atomic mass is 10.0. The van der Waals surface area contributed by atoms with Crippen LogP contribution >= 0.6 is 11.6 Å². The van der Waals surface area contributed by atoms with E-state index in [1.807, 2.05) is 0 Å². The summed E-state index contributed by atoms with van der Waals surface area (Å²) >= 11 is 6.03. The number of nitrogens with zero attached hydrogens (tertiary/aromatic N) is 2. The molecule has 0 aliphatic rings. The summed E-state index contributed by atoms with van der Waals surface area (Å²) in [5.41, 5.74) is -0.305. The third-order valence-electron chi connectivity index (χ3n) is 3.26. The van der Waals surface area contributed by atoms with E-state index in [4.69, 9.17) is 11.6 Å². The van der Waals surface area contributed by atoms with Gasteiger partial charge in [-0.05, 0) is 31.5 Å². The second-order valence-electron chi connectivity index (χ2n) is 5.03. The quantitative estimate of drug-likeness (QED) is 0.757. The SMILES string of the molecule is CC(F)c1ncnc(NC(C)c2cccc(C(F)(F)F)c2)c1Cl. The highest BCUT2D eigenvalue weighted by atomic mass is 35.5. The Hall–Kier alpha value is -1.89. The maximum atomic E-state index is 13.4. The van der Waals surface area contributed by atoms with E-state index in [9.17, 15) is 17.6 Å². The van der Waals surface area contributed by atoms with Crippen LogP contribution in [0.5, 0.6) is 0 Å². The van der Waals surface area contributed by atoms with Gasteiger partial charge in [-0.3, -0.25) is 0 Å². The van der Waals surface area contributed by atoms with E-state index in [-0.39, 0.29) is 16.5 Å². The second-order valence-corrected chi connectivity index (χ2v) is 5.40. The Morgan fingerprint density at radius 1 is 1.17 bits per heavy atom. The van der Waals surface area contributed by atoms with Crippen LogP contribution < -0.4 is 5.32 Å². The maximum Gasteiger partial charge on any atom is 0.416 e. The van der Waals surface area contributed by atoms with Crippen LogP contribution in [0.3, 0.4) is 0 Å². The number of aromatic nitrogens is 2. The molecule has 2 aromatic rings. The first-order chi connectivity index (χ1) is 10.7. The standard InChI is InChI=1S/C15H14ClF4N3/c1-8(17)13-12(16)14(22-7-21-13)23-9(2)10-4-3-5-11(6-10)15(18,19)20/h3-9H,1-2H3,(H,21,22,23). The van der Waals surface area contributed by atoms with Gasteiger partial charge in [0, 0.05) is 0 Å². The van der Waals surface area contributed by atoms with Crippen molar-refractivity contribution in [2.45, 2.75) is 32.2 Å². The highest BCUT2D eigenvalue weighted by molar-refractivity contribution is 6.33. The average molecular weight is 348 g/mol. The van der Waals surface area contributed by atoms with Gasteiger partial charge in [0.1, 0.15) is 23.3 Å². The van der Waals surface area contributed by atoms with Crippen molar-refractivity contribution in [2.75, 3.05) is 5.32 Å². The van der Waals surface area contributed by atoms with Crippen molar-refractivity contribution < 1.29 is 17.6 Å². The van der Waals surface area contributed by atoms with Crippen molar-refractivity contribution in [2.24, 2.45) is 0 Å². The molecule has 2 unspecified atom stereocenters. The van der Waals surface area contributed by atoms with Gasteiger partial charge in [-0.2, -0.15) is 13.2 Å². The number of benzene rings is 1. The Labute approximate surface area is 135 Å². The molecule has 0 radical (unpaired) electrons. The third kappa shape index (κ3) is 4.10. The molecular weight excluding hydrogens is 334 g/mol. The molecule has 0 bridgehead atoms. The van der Waals surface area contributed by atoms with Gasteiger partial charge in [-0.15, -0.1) is 0 Å². The first-order valence-electron chi connectivity index (χ1n) is 6.78. The van der Waals surface area contributed by atoms with E-state index in [1.54, 1.807) is 13.0 Å². The lowest BCUT2D eigenvalue weighted by Crippen LogP contribution is -2.12. The fraction of sp³-hybridized carbons (Fsp3) is 0.333. The first-order valence-corrected chi connectivity index (χ1v) is 7.16. The van der Waals surface area contributed by atoms with Crippen LogP contribution in [0.4, 0.5) is 23.4 Å². The van der Waals surface area contributed by atoms with Crippen LogP contribution in [0, 0.1) is 0 Å². The van der Waals surface area contributed by atoms with Crippen molar-refractivity contribution in [1.82, 2.24) is 9.97 Å². The number of halogens is 5. The smallest absolute Gasteiger partial charge is 0.362 e. The van der Waals surface area contributed by atoms with Crippen molar-refractivity contribution in [1.29, 1.82) is 0 Å². The summed E-state index contributed by atoms with van der Waals surface area (Å²) in [4.78, 5) is 7.67. The van der Waals surface area contributed by atoms with Crippen molar-refractivity contribution in [3.8, 4) is 0 Å². The summed E-state index contributed by atoms with van der Waals surface area (Å²) in [6, 6.07) is 4.42. The number of anilines is 1. The minimum absolute atomic E-state index is 0.0151. The summed E-state index contributed by atoms with van der Waals surface area (Å²) in [5.74, 6) is 0.172. The fourth-order valence-electron chi connectivity index (χ4n) is 2.03. The molecule has 2 atom stereocenters. The van der Waals surface area contributed by atoms with Crippen molar-refractivity contribution >= 4 is 17.4 Å². The molecule has 23 heavy (non-hydrogen) atoms. The van der Waals surface area contributed by atoms with E-state index in [0.29, 0.717) is 5.56 Å². The van der Waals surface area contributed by atoms with Crippen LogP contribution in [0.1, 0.15) is 42.9 Å². The zero-order valence-electron chi connectivity index (χ0n) is 12.3. The molecule has 0 aliphatic carbocycles. The van der Waals surface area contributed by atoms with Gasteiger partial charge in [-0.25, -0.2) is 14.4 Å². The molecule has 0 aliphatic heterocycles. The number of hydrogen-bond acceptors (Lipinski definition) is 3. The molecule has 124 valence electrons. The molecule has 0 saturated heterocycles. The molecule has 1 aromatic carbocycles. The molecule has 8 heteroatoms. The minimum atomic E-state index is -4.42. The van der Waals surface area contributed by atoms with Crippen LogP contribution in [0.25, 0.3) is 0 Å². The van der Waals surface area contributed by atoms with Gasteiger partial charge >= 0.3 is 6.18 Å². The largest absolute Gasteiger partial charge is 0.416 e. The highest BCUT2D eigenvalue weighted by Gasteiger charge is 2.30. The number of alkyl halides is 4. The Balaban J connectivity index is 2.26. The van der Waals surface area contributed by atoms with Gasteiger partial charge in [0.15, 0.2) is 0 Å². The predicted octanol–water partition coefficient (Wildman–Crippen LogP) is 5.35. The van der Waals surface area contributed by atoms with Gasteiger partial charge in [0.25, 0.3) is 0 Å². The molecule has 2 rings (SSSR count). The molecular formula is C15H14ClF4N3. The van der Waals surface area contributed by atoms with E-state index in [1.165, 1.54) is 13.0 Å². The molecule has 1 aromatic heterocycles. The first kappa shape index (κ1) is 17.5. The molecule has 3 nitrogen and oxygen atoms in total. The van der Waals surface area contributed by atoms with E-state index < -0.39 is 24.0 Å². The Bertz CT molecular complexity index is 689. The zero-order valence-corrected chi connectivity index (χ0v) is 13.1. The average Bonchev–Trinajstić information content (AvgIpc) is 2.48. The highest BCUT2D eigenvalue weighted by Crippen LogP contribution is 2.33. The van der Waals surface area contributed by atoms with Crippen LogP contribution in [-0.2, 0) is 6.18 Å². The lowest BCUT2D eigenvalue weighted by Gasteiger charge is -2.18. The molecule has 0 amide bonds. The maximum absolute atomic E-state index is 13.4.